The van der Waals surface area contributed by atoms with E-state index >= 15 is 0 Å². The molecule has 0 aliphatic heterocycles. The molecule has 0 heterocycles. The van der Waals surface area contributed by atoms with E-state index in [0.717, 1.165) is 23.6 Å². The van der Waals surface area contributed by atoms with Gasteiger partial charge in [0, 0.05) is 5.02 Å². The van der Waals surface area contributed by atoms with Crippen LogP contribution in [0.1, 0.15) is 11.1 Å². The molecule has 0 aliphatic carbocycles. The maximum absolute atomic E-state index is 5.81. The van der Waals surface area contributed by atoms with Gasteiger partial charge in [0.15, 0.2) is 0 Å². The Labute approximate surface area is 107 Å². The number of halogens is 1. The van der Waals surface area contributed by atoms with Gasteiger partial charge in [-0.2, -0.15) is 0 Å². The van der Waals surface area contributed by atoms with E-state index in [1.807, 2.05) is 30.3 Å². The molecule has 0 bridgehead atoms. The zero-order valence-electron chi connectivity index (χ0n) is 9.60. The molecule has 2 aromatic carbocycles. The van der Waals surface area contributed by atoms with E-state index in [1.54, 1.807) is 0 Å². The van der Waals surface area contributed by atoms with Crippen molar-refractivity contribution in [1.82, 2.24) is 0 Å². The molecule has 0 aromatic heterocycles. The van der Waals surface area contributed by atoms with Crippen LogP contribution in [0.3, 0.4) is 0 Å². The summed E-state index contributed by atoms with van der Waals surface area (Å²) in [5.74, 6) is 0. The Bertz CT molecular complexity index is 436. The van der Waals surface area contributed by atoms with Crippen LogP contribution in [0.2, 0.25) is 5.02 Å². The van der Waals surface area contributed by atoms with Gasteiger partial charge in [0.25, 0.3) is 0 Å². The maximum Gasteiger partial charge on any atom is 0.0717 e. The number of benzene rings is 2. The topological polar surface area (TPSA) is 9.23 Å². The fourth-order valence-corrected chi connectivity index (χ4v) is 1.73. The Kier molecular flexibility index (Phi) is 4.60. The van der Waals surface area contributed by atoms with Crippen molar-refractivity contribution in [3.8, 4) is 0 Å². The van der Waals surface area contributed by atoms with Crippen LogP contribution in [0.5, 0.6) is 0 Å². The molecule has 1 nitrogen and oxygen atoms in total. The van der Waals surface area contributed by atoms with Crippen molar-refractivity contribution in [3.63, 3.8) is 0 Å². The fourth-order valence-electron chi connectivity index (χ4n) is 1.61. The largest absolute Gasteiger partial charge is 0.376 e. The molecular formula is C15H15ClO. The summed E-state index contributed by atoms with van der Waals surface area (Å²) in [5.41, 5.74) is 2.46. The van der Waals surface area contributed by atoms with Crippen LogP contribution in [-0.2, 0) is 17.8 Å². The van der Waals surface area contributed by atoms with E-state index in [0.29, 0.717) is 6.61 Å². The summed E-state index contributed by atoms with van der Waals surface area (Å²) < 4.78 is 5.62. The third kappa shape index (κ3) is 4.22. The summed E-state index contributed by atoms with van der Waals surface area (Å²) in [5, 5.41) is 0.762. The zero-order chi connectivity index (χ0) is 11.9. The molecule has 17 heavy (non-hydrogen) atoms. The predicted molar refractivity (Wildman–Crippen MR) is 71.3 cm³/mol. The van der Waals surface area contributed by atoms with Crippen LogP contribution in [0.4, 0.5) is 0 Å². The Balaban J connectivity index is 1.71. The second-order valence-electron chi connectivity index (χ2n) is 3.91. The SMILES string of the molecule is Clc1ccc(COCCc2ccccc2)cc1. The van der Waals surface area contributed by atoms with Gasteiger partial charge in [-0.05, 0) is 29.7 Å². The molecule has 0 N–H and O–H groups in total. The van der Waals surface area contributed by atoms with Crippen molar-refractivity contribution in [2.75, 3.05) is 6.61 Å². The van der Waals surface area contributed by atoms with Crippen molar-refractivity contribution < 1.29 is 4.74 Å². The molecule has 0 saturated heterocycles. The number of hydrogen-bond donors (Lipinski definition) is 0. The lowest BCUT2D eigenvalue weighted by molar-refractivity contribution is 0.124. The zero-order valence-corrected chi connectivity index (χ0v) is 10.4. The lowest BCUT2D eigenvalue weighted by Gasteiger charge is -2.04. The van der Waals surface area contributed by atoms with Crippen LogP contribution in [0, 0.1) is 0 Å². The Morgan fingerprint density at radius 3 is 2.24 bits per heavy atom. The standard InChI is InChI=1S/C15H15ClO/c16-15-8-6-14(7-9-15)12-17-11-10-13-4-2-1-3-5-13/h1-9H,10-12H2. The minimum atomic E-state index is 0.643. The minimum absolute atomic E-state index is 0.643. The quantitative estimate of drug-likeness (QED) is 0.722. The van der Waals surface area contributed by atoms with E-state index in [-0.39, 0.29) is 0 Å². The second-order valence-corrected chi connectivity index (χ2v) is 4.35. The maximum atomic E-state index is 5.81. The number of hydrogen-bond acceptors (Lipinski definition) is 1. The van der Waals surface area contributed by atoms with E-state index in [1.165, 1.54) is 5.56 Å². The van der Waals surface area contributed by atoms with Crippen molar-refractivity contribution >= 4 is 11.6 Å². The van der Waals surface area contributed by atoms with Gasteiger partial charge in [-0.3, -0.25) is 0 Å². The van der Waals surface area contributed by atoms with Gasteiger partial charge in [0.2, 0.25) is 0 Å². The van der Waals surface area contributed by atoms with E-state index in [2.05, 4.69) is 24.3 Å². The monoisotopic (exact) mass is 246 g/mol. The lowest BCUT2D eigenvalue weighted by atomic mass is 10.2. The molecule has 2 aromatic rings. The van der Waals surface area contributed by atoms with Gasteiger partial charge in [0.1, 0.15) is 0 Å². The molecule has 0 radical (unpaired) electrons. The molecular weight excluding hydrogens is 232 g/mol. The number of rotatable bonds is 5. The third-order valence-corrected chi connectivity index (χ3v) is 2.81. The molecule has 0 atom stereocenters. The summed E-state index contributed by atoms with van der Waals surface area (Å²) >= 11 is 5.81. The van der Waals surface area contributed by atoms with Gasteiger partial charge >= 0.3 is 0 Å². The smallest absolute Gasteiger partial charge is 0.0717 e. The predicted octanol–water partition coefficient (Wildman–Crippen LogP) is 4.10. The molecule has 0 spiro atoms. The second kappa shape index (κ2) is 6.43. The Morgan fingerprint density at radius 1 is 0.824 bits per heavy atom. The van der Waals surface area contributed by atoms with Crippen LogP contribution in [0.25, 0.3) is 0 Å². The van der Waals surface area contributed by atoms with Gasteiger partial charge in [0.05, 0.1) is 13.2 Å². The highest BCUT2D eigenvalue weighted by Crippen LogP contribution is 2.10. The van der Waals surface area contributed by atoms with Crippen LogP contribution >= 0.6 is 11.6 Å². The fraction of sp³-hybridized carbons (Fsp3) is 0.200. The van der Waals surface area contributed by atoms with E-state index < -0.39 is 0 Å². The van der Waals surface area contributed by atoms with Crippen LogP contribution < -0.4 is 0 Å². The van der Waals surface area contributed by atoms with Crippen molar-refractivity contribution in [1.29, 1.82) is 0 Å². The molecule has 2 rings (SSSR count). The summed E-state index contributed by atoms with van der Waals surface area (Å²) in [6.45, 7) is 1.39. The molecule has 88 valence electrons. The van der Waals surface area contributed by atoms with Crippen LogP contribution in [-0.4, -0.2) is 6.61 Å². The molecule has 0 saturated carbocycles. The molecule has 0 fully saturated rings. The summed E-state index contributed by atoms with van der Waals surface area (Å²) in [4.78, 5) is 0. The van der Waals surface area contributed by atoms with Gasteiger partial charge < -0.3 is 4.74 Å². The summed E-state index contributed by atoms with van der Waals surface area (Å²) in [7, 11) is 0. The minimum Gasteiger partial charge on any atom is -0.376 e. The first-order valence-electron chi connectivity index (χ1n) is 5.71. The first kappa shape index (κ1) is 12.2. The summed E-state index contributed by atoms with van der Waals surface area (Å²) in [6, 6.07) is 18.1. The average Bonchev–Trinajstić information content (AvgIpc) is 2.38. The van der Waals surface area contributed by atoms with E-state index in [9.17, 15) is 0 Å². The van der Waals surface area contributed by atoms with Crippen molar-refractivity contribution in [2.45, 2.75) is 13.0 Å². The highest BCUT2D eigenvalue weighted by molar-refractivity contribution is 6.30. The van der Waals surface area contributed by atoms with Crippen molar-refractivity contribution in [3.05, 3.63) is 70.7 Å². The van der Waals surface area contributed by atoms with Crippen LogP contribution in [0.15, 0.2) is 54.6 Å². The highest BCUT2D eigenvalue weighted by atomic mass is 35.5. The molecule has 0 amide bonds. The normalized spacial score (nSPS) is 10.4. The van der Waals surface area contributed by atoms with Gasteiger partial charge in [-0.1, -0.05) is 54.1 Å². The lowest BCUT2D eigenvalue weighted by Crippen LogP contribution is -1.98. The molecule has 2 heteroatoms. The highest BCUT2D eigenvalue weighted by Gasteiger charge is 1.95. The summed E-state index contributed by atoms with van der Waals surface area (Å²) in [6.07, 6.45) is 0.953. The molecule has 0 unspecified atom stereocenters. The number of ether oxygens (including phenoxy) is 1. The Hall–Kier alpha value is -1.31. The van der Waals surface area contributed by atoms with Crippen molar-refractivity contribution in [2.24, 2.45) is 0 Å². The Morgan fingerprint density at radius 2 is 1.53 bits per heavy atom. The van der Waals surface area contributed by atoms with E-state index in [4.69, 9.17) is 16.3 Å². The molecule has 0 aliphatic rings. The van der Waals surface area contributed by atoms with Gasteiger partial charge in [-0.15, -0.1) is 0 Å². The average molecular weight is 247 g/mol. The first-order valence-corrected chi connectivity index (χ1v) is 6.08. The van der Waals surface area contributed by atoms with Gasteiger partial charge in [-0.25, -0.2) is 0 Å². The third-order valence-electron chi connectivity index (χ3n) is 2.56. The first-order chi connectivity index (χ1) is 8.34.